The topological polar surface area (TPSA) is 90.0 Å². The Labute approximate surface area is 132 Å². The van der Waals surface area contributed by atoms with Crippen LogP contribution in [-0.4, -0.2) is 18.2 Å². The molecule has 1 heterocycles. The minimum atomic E-state index is -3.67. The summed E-state index contributed by atoms with van der Waals surface area (Å²) in [5.74, 6) is 0.0201. The van der Waals surface area contributed by atoms with Crippen LogP contribution in [0.2, 0.25) is 0 Å². The van der Waals surface area contributed by atoms with Crippen molar-refractivity contribution in [1.29, 1.82) is 0 Å². The van der Waals surface area contributed by atoms with Crippen LogP contribution in [-0.2, 0) is 23.1 Å². The second-order valence-electron chi connectivity index (χ2n) is 4.59. The van der Waals surface area contributed by atoms with E-state index in [2.05, 4.69) is 25.8 Å². The molecule has 2 rings (SSSR count). The van der Waals surface area contributed by atoms with E-state index in [9.17, 15) is 8.42 Å². The summed E-state index contributed by atoms with van der Waals surface area (Å²) >= 11 is 3.33. The molecule has 6 nitrogen and oxygen atoms in total. The van der Waals surface area contributed by atoms with Gasteiger partial charge >= 0.3 is 0 Å². The van der Waals surface area contributed by atoms with Gasteiger partial charge in [0.05, 0.1) is 0 Å². The van der Waals surface area contributed by atoms with Gasteiger partial charge in [0.25, 0.3) is 0 Å². The highest BCUT2D eigenvalue weighted by Gasteiger charge is 2.20. The molecular formula is C13H17BrN4O2S. The predicted octanol–water partition coefficient (Wildman–Crippen LogP) is 2.12. The smallest absolute Gasteiger partial charge is 0.246 e. The number of anilines is 1. The first kappa shape index (κ1) is 16.0. The van der Waals surface area contributed by atoms with Crippen LogP contribution in [0.5, 0.6) is 0 Å². The highest BCUT2D eigenvalue weighted by atomic mass is 79.9. The lowest BCUT2D eigenvalue weighted by Crippen LogP contribution is -2.23. The molecule has 0 atom stereocenters. The van der Waals surface area contributed by atoms with Gasteiger partial charge < -0.3 is 5.73 Å². The van der Waals surface area contributed by atoms with Crippen LogP contribution in [0.15, 0.2) is 39.8 Å². The van der Waals surface area contributed by atoms with Crippen molar-refractivity contribution in [3.8, 4) is 0 Å². The first-order valence-corrected chi connectivity index (χ1v) is 8.77. The van der Waals surface area contributed by atoms with Crippen LogP contribution in [0, 0.1) is 0 Å². The van der Waals surface area contributed by atoms with E-state index in [4.69, 9.17) is 5.73 Å². The molecule has 0 spiro atoms. The Kier molecular flexibility index (Phi) is 5.02. The predicted molar refractivity (Wildman–Crippen MR) is 85.1 cm³/mol. The van der Waals surface area contributed by atoms with E-state index in [1.165, 1.54) is 6.20 Å². The van der Waals surface area contributed by atoms with Gasteiger partial charge in [-0.2, -0.15) is 5.10 Å². The highest BCUT2D eigenvalue weighted by Crippen LogP contribution is 2.17. The number of nitrogens with two attached hydrogens (primary N) is 1. The molecule has 8 heteroatoms. The third-order valence-electron chi connectivity index (χ3n) is 2.88. The zero-order chi connectivity index (χ0) is 15.5. The second-order valence-corrected chi connectivity index (χ2v) is 7.24. The third kappa shape index (κ3) is 4.05. The fourth-order valence-electron chi connectivity index (χ4n) is 1.83. The number of benzene rings is 1. The highest BCUT2D eigenvalue weighted by molar-refractivity contribution is 9.10. The molecule has 21 heavy (non-hydrogen) atoms. The summed E-state index contributed by atoms with van der Waals surface area (Å²) in [5, 5.41) is 4.00. The lowest BCUT2D eigenvalue weighted by atomic mass is 10.2. The van der Waals surface area contributed by atoms with Crippen LogP contribution < -0.4 is 10.5 Å². The number of halogens is 1. The Balaban J connectivity index is 2.12. The molecule has 1 aromatic carbocycles. The van der Waals surface area contributed by atoms with Crippen molar-refractivity contribution in [3.63, 3.8) is 0 Å². The first-order valence-electron chi connectivity index (χ1n) is 6.49. The Bertz CT molecular complexity index is 710. The summed E-state index contributed by atoms with van der Waals surface area (Å²) < 4.78 is 29.5. The van der Waals surface area contributed by atoms with Gasteiger partial charge in [0.1, 0.15) is 4.90 Å². The molecule has 0 bridgehead atoms. The molecule has 0 aliphatic carbocycles. The van der Waals surface area contributed by atoms with Crippen molar-refractivity contribution in [2.75, 3.05) is 5.73 Å². The summed E-state index contributed by atoms with van der Waals surface area (Å²) in [4.78, 5) is 0.0214. The Morgan fingerprint density at radius 1 is 1.33 bits per heavy atom. The molecule has 0 aliphatic heterocycles. The summed E-state index contributed by atoms with van der Waals surface area (Å²) in [7, 11) is -3.67. The van der Waals surface area contributed by atoms with Crippen molar-refractivity contribution in [1.82, 2.24) is 14.5 Å². The molecule has 0 aliphatic rings. The van der Waals surface area contributed by atoms with Gasteiger partial charge in [-0.25, -0.2) is 13.1 Å². The standard InChI is InChI=1S/C13H17BrN4O2S/c1-2-7-18-9-12(13(15)17-18)21(19,20)16-8-10-3-5-11(14)6-4-10/h3-6,9,16H,2,7-8H2,1H3,(H2,15,17). The fourth-order valence-corrected chi connectivity index (χ4v) is 3.18. The number of hydrogen-bond acceptors (Lipinski definition) is 4. The summed E-state index contributed by atoms with van der Waals surface area (Å²) in [6, 6.07) is 7.40. The average molecular weight is 373 g/mol. The number of sulfonamides is 1. The van der Waals surface area contributed by atoms with Gasteiger partial charge in [0.2, 0.25) is 10.0 Å². The summed E-state index contributed by atoms with van der Waals surface area (Å²) in [6.07, 6.45) is 2.32. The third-order valence-corrected chi connectivity index (χ3v) is 4.82. The van der Waals surface area contributed by atoms with Gasteiger partial charge in [-0.05, 0) is 24.1 Å². The van der Waals surface area contributed by atoms with E-state index in [1.54, 1.807) is 4.68 Å². The SMILES string of the molecule is CCCn1cc(S(=O)(=O)NCc2ccc(Br)cc2)c(N)n1. The average Bonchev–Trinajstić information content (AvgIpc) is 2.80. The number of nitrogens with one attached hydrogen (secondary N) is 1. The van der Waals surface area contributed by atoms with Gasteiger partial charge in [0, 0.05) is 23.8 Å². The molecular weight excluding hydrogens is 356 g/mol. The van der Waals surface area contributed by atoms with Crippen LogP contribution >= 0.6 is 15.9 Å². The summed E-state index contributed by atoms with van der Waals surface area (Å²) in [5.41, 5.74) is 6.55. The van der Waals surface area contributed by atoms with Crippen molar-refractivity contribution in [2.24, 2.45) is 0 Å². The van der Waals surface area contributed by atoms with Crippen molar-refractivity contribution in [3.05, 3.63) is 40.5 Å². The van der Waals surface area contributed by atoms with E-state index < -0.39 is 10.0 Å². The maximum absolute atomic E-state index is 12.3. The molecule has 114 valence electrons. The Morgan fingerprint density at radius 3 is 2.62 bits per heavy atom. The van der Waals surface area contributed by atoms with Gasteiger partial charge in [-0.1, -0.05) is 35.0 Å². The quantitative estimate of drug-likeness (QED) is 0.812. The number of aryl methyl sites for hydroxylation is 1. The van der Waals surface area contributed by atoms with E-state index in [0.717, 1.165) is 16.5 Å². The minimum Gasteiger partial charge on any atom is -0.381 e. The number of hydrogen-bond donors (Lipinski definition) is 2. The van der Waals surface area contributed by atoms with Crippen LogP contribution in [0.25, 0.3) is 0 Å². The Morgan fingerprint density at radius 2 is 2.00 bits per heavy atom. The first-order chi connectivity index (χ1) is 9.92. The zero-order valence-corrected chi connectivity index (χ0v) is 14.0. The van der Waals surface area contributed by atoms with Crippen molar-refractivity contribution < 1.29 is 8.42 Å². The lowest BCUT2D eigenvalue weighted by molar-refractivity contribution is 0.579. The van der Waals surface area contributed by atoms with E-state index in [1.807, 2.05) is 31.2 Å². The largest absolute Gasteiger partial charge is 0.381 e. The molecule has 2 aromatic rings. The molecule has 0 unspecified atom stereocenters. The molecule has 0 fully saturated rings. The second kappa shape index (κ2) is 6.59. The van der Waals surface area contributed by atoms with Crippen LogP contribution in [0.4, 0.5) is 5.82 Å². The van der Waals surface area contributed by atoms with Gasteiger partial charge in [-0.3, -0.25) is 4.68 Å². The molecule has 1 aromatic heterocycles. The lowest BCUT2D eigenvalue weighted by Gasteiger charge is -2.05. The zero-order valence-electron chi connectivity index (χ0n) is 11.6. The number of nitrogen functional groups attached to an aromatic ring is 1. The van der Waals surface area contributed by atoms with E-state index in [-0.39, 0.29) is 17.3 Å². The normalized spacial score (nSPS) is 11.7. The fraction of sp³-hybridized carbons (Fsp3) is 0.308. The Hall–Kier alpha value is -1.38. The summed E-state index contributed by atoms with van der Waals surface area (Å²) in [6.45, 7) is 2.82. The monoisotopic (exact) mass is 372 g/mol. The van der Waals surface area contributed by atoms with Crippen LogP contribution in [0.1, 0.15) is 18.9 Å². The number of aromatic nitrogens is 2. The number of nitrogens with zero attached hydrogens (tertiary/aromatic N) is 2. The maximum atomic E-state index is 12.3. The molecule has 0 amide bonds. The molecule has 3 N–H and O–H groups in total. The maximum Gasteiger partial charge on any atom is 0.246 e. The van der Waals surface area contributed by atoms with Crippen molar-refractivity contribution >= 4 is 31.8 Å². The van der Waals surface area contributed by atoms with Gasteiger partial charge in [0.15, 0.2) is 5.82 Å². The minimum absolute atomic E-state index is 0.0201. The van der Waals surface area contributed by atoms with Crippen LogP contribution in [0.3, 0.4) is 0 Å². The van der Waals surface area contributed by atoms with Crippen molar-refractivity contribution in [2.45, 2.75) is 31.3 Å². The molecule has 0 saturated heterocycles. The molecule has 0 saturated carbocycles. The van der Waals surface area contributed by atoms with E-state index >= 15 is 0 Å². The van der Waals surface area contributed by atoms with Gasteiger partial charge in [-0.15, -0.1) is 0 Å². The molecule has 0 radical (unpaired) electrons. The van der Waals surface area contributed by atoms with E-state index in [0.29, 0.717) is 6.54 Å². The number of rotatable bonds is 6.